The molecule has 12 heteroatoms. The smallest absolute Gasteiger partial charge is 0.414 e. The lowest BCUT2D eigenvalue weighted by molar-refractivity contribution is 0.0963. The number of aromatic amines is 1. The Morgan fingerprint density at radius 2 is 2.24 bits per heavy atom. The highest BCUT2D eigenvalue weighted by molar-refractivity contribution is 5.90. The SMILES string of the molecule is Cn1nnc(N2Cc3nc(-c4ccc(N5CC(CO)OC5=O)cc4F)[nH]c3C2)n1. The van der Waals surface area contributed by atoms with Crippen LogP contribution in [0.3, 0.4) is 0 Å². The maximum absolute atomic E-state index is 14.8. The van der Waals surface area contributed by atoms with E-state index < -0.39 is 18.0 Å². The molecule has 1 saturated heterocycles. The first-order valence-corrected chi connectivity index (χ1v) is 8.97. The minimum Gasteiger partial charge on any atom is -0.441 e. The summed E-state index contributed by atoms with van der Waals surface area (Å²) in [6.07, 6.45) is -1.21. The summed E-state index contributed by atoms with van der Waals surface area (Å²) in [5.74, 6) is 0.417. The van der Waals surface area contributed by atoms with E-state index >= 15 is 0 Å². The number of aromatic nitrogens is 6. The highest BCUT2D eigenvalue weighted by Gasteiger charge is 2.32. The molecule has 11 nitrogen and oxygen atoms in total. The van der Waals surface area contributed by atoms with Crippen LogP contribution in [0.25, 0.3) is 11.4 Å². The van der Waals surface area contributed by atoms with Crippen molar-refractivity contribution in [1.29, 1.82) is 0 Å². The number of ether oxygens (including phenoxy) is 1. The molecule has 0 aliphatic carbocycles. The van der Waals surface area contributed by atoms with Crippen molar-refractivity contribution in [2.75, 3.05) is 23.0 Å². The number of rotatable bonds is 4. The molecule has 2 aliphatic rings. The minimum atomic E-state index is -0.606. The van der Waals surface area contributed by atoms with Crippen molar-refractivity contribution in [3.63, 3.8) is 0 Å². The van der Waals surface area contributed by atoms with E-state index in [1.54, 1.807) is 19.2 Å². The molecule has 3 aromatic rings. The van der Waals surface area contributed by atoms with Gasteiger partial charge in [-0.15, -0.1) is 5.10 Å². The van der Waals surface area contributed by atoms with Crippen molar-refractivity contribution >= 4 is 17.7 Å². The molecule has 4 heterocycles. The van der Waals surface area contributed by atoms with Crippen LogP contribution in [0.2, 0.25) is 0 Å². The van der Waals surface area contributed by atoms with Gasteiger partial charge in [0.1, 0.15) is 17.7 Å². The number of halogens is 1. The van der Waals surface area contributed by atoms with Gasteiger partial charge in [-0.05, 0) is 23.4 Å². The van der Waals surface area contributed by atoms with E-state index in [-0.39, 0.29) is 13.2 Å². The second kappa shape index (κ2) is 6.51. The Hall–Kier alpha value is -3.54. The predicted molar refractivity (Wildman–Crippen MR) is 97.4 cm³/mol. The van der Waals surface area contributed by atoms with Gasteiger partial charge in [-0.2, -0.15) is 4.80 Å². The summed E-state index contributed by atoms with van der Waals surface area (Å²) in [7, 11) is 1.69. The molecule has 1 amide bonds. The van der Waals surface area contributed by atoms with E-state index in [2.05, 4.69) is 25.4 Å². The van der Waals surface area contributed by atoms with Gasteiger partial charge < -0.3 is 19.7 Å². The molecule has 5 rings (SSSR count). The van der Waals surface area contributed by atoms with Crippen molar-refractivity contribution in [3.05, 3.63) is 35.4 Å². The Kier molecular flexibility index (Phi) is 3.94. The average molecular weight is 400 g/mol. The van der Waals surface area contributed by atoms with E-state index in [0.717, 1.165) is 11.4 Å². The van der Waals surface area contributed by atoms with Crippen LogP contribution < -0.4 is 9.80 Å². The Balaban J connectivity index is 1.36. The fraction of sp³-hybridized carbons (Fsp3) is 0.353. The number of aryl methyl sites for hydroxylation is 1. The van der Waals surface area contributed by atoms with Crippen LogP contribution in [0.1, 0.15) is 11.4 Å². The van der Waals surface area contributed by atoms with Crippen molar-refractivity contribution < 1.29 is 19.0 Å². The summed E-state index contributed by atoms with van der Waals surface area (Å²) in [6, 6.07) is 4.46. The second-order valence-electron chi connectivity index (χ2n) is 6.91. The number of aliphatic hydroxyl groups is 1. The zero-order chi connectivity index (χ0) is 20.1. The topological polar surface area (TPSA) is 125 Å². The summed E-state index contributed by atoms with van der Waals surface area (Å²) >= 11 is 0. The lowest BCUT2D eigenvalue weighted by Gasteiger charge is -2.14. The number of nitrogens with one attached hydrogen (secondary N) is 1. The molecule has 2 aromatic heterocycles. The molecule has 0 spiro atoms. The highest BCUT2D eigenvalue weighted by Crippen LogP contribution is 2.31. The van der Waals surface area contributed by atoms with Crippen molar-refractivity contribution in [2.24, 2.45) is 7.05 Å². The third-order valence-electron chi connectivity index (χ3n) is 4.93. The number of tetrazole rings is 1. The molecular formula is C17H17FN8O3. The highest BCUT2D eigenvalue weighted by atomic mass is 19.1. The quantitative estimate of drug-likeness (QED) is 0.651. The van der Waals surface area contributed by atoms with Gasteiger partial charge in [0.15, 0.2) is 0 Å². The molecule has 2 N–H and O–H groups in total. The summed E-state index contributed by atoms with van der Waals surface area (Å²) in [5.41, 5.74) is 2.33. The second-order valence-corrected chi connectivity index (χ2v) is 6.91. The molecule has 150 valence electrons. The van der Waals surface area contributed by atoms with Crippen LogP contribution in [-0.4, -0.2) is 60.6 Å². The zero-order valence-electron chi connectivity index (χ0n) is 15.4. The number of H-pyrrole nitrogens is 1. The lowest BCUT2D eigenvalue weighted by atomic mass is 10.1. The number of benzene rings is 1. The van der Waals surface area contributed by atoms with Gasteiger partial charge in [0.05, 0.1) is 55.9 Å². The molecule has 0 bridgehead atoms. The molecule has 1 aromatic carbocycles. The minimum absolute atomic E-state index is 0.176. The number of amides is 1. The number of carbonyl (C=O) groups is 1. The summed E-state index contributed by atoms with van der Waals surface area (Å²) in [5, 5.41) is 21.1. The largest absolute Gasteiger partial charge is 0.441 e. The molecule has 1 unspecified atom stereocenters. The fourth-order valence-corrected chi connectivity index (χ4v) is 3.50. The Morgan fingerprint density at radius 3 is 2.90 bits per heavy atom. The van der Waals surface area contributed by atoms with Gasteiger partial charge in [-0.3, -0.25) is 4.90 Å². The first-order valence-electron chi connectivity index (χ1n) is 8.97. The van der Waals surface area contributed by atoms with E-state index in [0.29, 0.717) is 36.1 Å². The molecule has 0 radical (unpaired) electrons. The van der Waals surface area contributed by atoms with E-state index in [1.807, 2.05) is 4.90 Å². The summed E-state index contributed by atoms with van der Waals surface area (Å²) < 4.78 is 19.8. The van der Waals surface area contributed by atoms with Crippen molar-refractivity contribution in [1.82, 2.24) is 30.2 Å². The van der Waals surface area contributed by atoms with Crippen LogP contribution in [0.15, 0.2) is 18.2 Å². The van der Waals surface area contributed by atoms with Gasteiger partial charge in [0.2, 0.25) is 0 Å². The number of cyclic esters (lactones) is 1. The van der Waals surface area contributed by atoms with Crippen LogP contribution >= 0.6 is 0 Å². The maximum atomic E-state index is 14.8. The van der Waals surface area contributed by atoms with Crippen molar-refractivity contribution in [3.8, 4) is 11.4 Å². The number of aliphatic hydroxyl groups excluding tert-OH is 1. The number of anilines is 2. The van der Waals surface area contributed by atoms with Gasteiger partial charge in [-0.25, -0.2) is 14.2 Å². The number of nitrogens with zero attached hydrogens (tertiary/aromatic N) is 7. The van der Waals surface area contributed by atoms with Gasteiger partial charge >= 0.3 is 6.09 Å². The fourth-order valence-electron chi connectivity index (χ4n) is 3.50. The molecule has 2 aliphatic heterocycles. The maximum Gasteiger partial charge on any atom is 0.414 e. The molecule has 1 fully saturated rings. The first kappa shape index (κ1) is 17.6. The number of hydrogen-bond acceptors (Lipinski definition) is 8. The summed E-state index contributed by atoms with van der Waals surface area (Å²) in [4.78, 5) is 24.2. The molecule has 0 saturated carbocycles. The van der Waals surface area contributed by atoms with E-state index in [4.69, 9.17) is 9.84 Å². The Bertz CT molecular complexity index is 1070. The van der Waals surface area contributed by atoms with Crippen LogP contribution in [0.5, 0.6) is 0 Å². The molecule has 1 atom stereocenters. The lowest BCUT2D eigenvalue weighted by Crippen LogP contribution is -2.25. The zero-order valence-corrected chi connectivity index (χ0v) is 15.4. The average Bonchev–Trinajstić information content (AvgIpc) is 3.44. The third-order valence-corrected chi connectivity index (χ3v) is 4.93. The van der Waals surface area contributed by atoms with Crippen molar-refractivity contribution in [2.45, 2.75) is 19.2 Å². The van der Waals surface area contributed by atoms with Crippen LogP contribution in [0, 0.1) is 5.82 Å². The van der Waals surface area contributed by atoms with Gasteiger partial charge in [-0.1, -0.05) is 5.10 Å². The predicted octanol–water partition coefficient (Wildman–Crippen LogP) is 0.577. The van der Waals surface area contributed by atoms with Crippen LogP contribution in [-0.2, 0) is 24.9 Å². The van der Waals surface area contributed by atoms with E-state index in [1.165, 1.54) is 15.8 Å². The first-order chi connectivity index (χ1) is 14.0. The number of carbonyl (C=O) groups excluding carboxylic acids is 1. The van der Waals surface area contributed by atoms with Crippen LogP contribution in [0.4, 0.5) is 20.8 Å². The number of hydrogen-bond donors (Lipinski definition) is 2. The van der Waals surface area contributed by atoms with E-state index in [9.17, 15) is 9.18 Å². The number of fused-ring (bicyclic) bond motifs is 1. The monoisotopic (exact) mass is 400 g/mol. The van der Waals surface area contributed by atoms with Gasteiger partial charge in [0, 0.05) is 0 Å². The standard InChI is InChI=1S/C17H17FN8O3/c1-24-22-16(21-23-24)25-6-13-14(7-25)20-15(19-13)11-3-2-9(4-12(11)18)26-5-10(8-27)29-17(26)28/h2-4,10,27H,5-8H2,1H3,(H,19,20). The normalized spacial score (nSPS) is 18.4. The Labute approximate surface area is 163 Å². The third kappa shape index (κ3) is 2.97. The summed E-state index contributed by atoms with van der Waals surface area (Å²) in [6.45, 7) is 0.923. The Morgan fingerprint density at radius 1 is 1.38 bits per heavy atom. The molecule has 29 heavy (non-hydrogen) atoms. The molecular weight excluding hydrogens is 383 g/mol. The number of imidazole rings is 1. The van der Waals surface area contributed by atoms with Gasteiger partial charge in [0.25, 0.3) is 5.95 Å².